The van der Waals surface area contributed by atoms with E-state index in [0.29, 0.717) is 6.04 Å². The predicted molar refractivity (Wildman–Crippen MR) is 43.6 cm³/mol. The van der Waals surface area contributed by atoms with Crippen molar-refractivity contribution < 1.29 is 0 Å². The number of hydrogen-bond acceptors (Lipinski definition) is 2. The maximum atomic E-state index is 5.11. The molecule has 0 aliphatic carbocycles. The van der Waals surface area contributed by atoms with Gasteiger partial charge in [0.1, 0.15) is 0 Å². The lowest BCUT2D eigenvalue weighted by Gasteiger charge is -2.00. The van der Waals surface area contributed by atoms with Crippen LogP contribution in [-0.4, -0.2) is 31.6 Å². The van der Waals surface area contributed by atoms with Crippen LogP contribution in [0, 0.1) is 0 Å². The molecule has 9 heavy (non-hydrogen) atoms. The Bertz CT molecular complexity index is 39.4. The second kappa shape index (κ2) is 7.92. The van der Waals surface area contributed by atoms with Crippen LogP contribution in [0.3, 0.4) is 0 Å². The van der Waals surface area contributed by atoms with Crippen LogP contribution in [0.1, 0.15) is 20.8 Å². The Morgan fingerprint density at radius 2 is 1.44 bits per heavy atom. The average molecular weight is 132 g/mol. The Morgan fingerprint density at radius 1 is 1.33 bits per heavy atom. The first-order valence-corrected chi connectivity index (χ1v) is 3.41. The third-order valence-corrected chi connectivity index (χ3v) is 0.632. The Hall–Kier alpha value is -0.0800. The molecule has 0 aliphatic heterocycles. The lowest BCUT2D eigenvalue weighted by molar-refractivity contribution is 0.434. The third-order valence-electron chi connectivity index (χ3n) is 0.632. The largest absolute Gasteiger partial charge is 0.328 e. The van der Waals surface area contributed by atoms with E-state index < -0.39 is 0 Å². The molecule has 0 spiro atoms. The summed E-state index contributed by atoms with van der Waals surface area (Å²) in [6, 6.07) is 0.333. The molecule has 0 radical (unpaired) electrons. The molecule has 0 fully saturated rings. The molecular weight excluding hydrogens is 112 g/mol. The smallest absolute Gasteiger partial charge is 0.00179 e. The van der Waals surface area contributed by atoms with E-state index in [1.54, 1.807) is 0 Å². The average Bonchev–Trinajstić information content (AvgIpc) is 1.65. The molecule has 0 rings (SSSR count). The third kappa shape index (κ3) is 75.3. The minimum Gasteiger partial charge on any atom is -0.328 e. The highest BCUT2D eigenvalue weighted by Crippen LogP contribution is 1.63. The Morgan fingerprint density at radius 3 is 1.44 bits per heavy atom. The summed E-state index contributed by atoms with van der Waals surface area (Å²) in [5, 5.41) is 0. The zero-order valence-corrected chi connectivity index (χ0v) is 7.31. The summed E-state index contributed by atoms with van der Waals surface area (Å²) in [5.74, 6) is 0. The van der Waals surface area contributed by atoms with Crippen LogP contribution in [0.25, 0.3) is 0 Å². The number of hydrogen-bond donors (Lipinski definition) is 1. The molecule has 0 unspecified atom stereocenters. The van der Waals surface area contributed by atoms with Crippen molar-refractivity contribution in [3.63, 3.8) is 0 Å². The zero-order chi connectivity index (χ0) is 7.86. The van der Waals surface area contributed by atoms with Crippen molar-refractivity contribution in [2.75, 3.05) is 20.6 Å². The highest BCUT2D eigenvalue weighted by atomic mass is 15.0. The van der Waals surface area contributed by atoms with Crippen LogP contribution in [0.4, 0.5) is 0 Å². The molecule has 0 aromatic carbocycles. The van der Waals surface area contributed by atoms with E-state index >= 15 is 0 Å². The Balaban J connectivity index is 0. The van der Waals surface area contributed by atoms with Crippen LogP contribution in [0.2, 0.25) is 0 Å². The van der Waals surface area contributed by atoms with Gasteiger partial charge in [-0.05, 0) is 26.7 Å². The molecule has 2 N–H and O–H groups in total. The van der Waals surface area contributed by atoms with Gasteiger partial charge in [-0.2, -0.15) is 0 Å². The fraction of sp³-hybridized carbons (Fsp3) is 1.00. The summed E-state index contributed by atoms with van der Waals surface area (Å²) in [5.41, 5.74) is 5.11. The number of rotatable bonds is 1. The predicted octanol–water partition coefficient (Wildman–Crippen LogP) is 0.921. The van der Waals surface area contributed by atoms with Crippen molar-refractivity contribution in [3.8, 4) is 0 Å². The molecule has 0 aliphatic rings. The van der Waals surface area contributed by atoms with Crippen molar-refractivity contribution in [2.45, 2.75) is 26.8 Å². The van der Waals surface area contributed by atoms with Gasteiger partial charge in [0.2, 0.25) is 0 Å². The zero-order valence-electron chi connectivity index (χ0n) is 7.31. The lowest BCUT2D eigenvalue weighted by atomic mass is 10.5. The molecule has 0 atom stereocenters. The van der Waals surface area contributed by atoms with Gasteiger partial charge in [-0.25, -0.2) is 0 Å². The van der Waals surface area contributed by atoms with Gasteiger partial charge in [0, 0.05) is 0 Å². The summed E-state index contributed by atoms with van der Waals surface area (Å²) in [6.07, 6.45) is 0. The van der Waals surface area contributed by atoms with E-state index in [0.717, 1.165) is 6.54 Å². The minimum atomic E-state index is 0.333. The van der Waals surface area contributed by atoms with E-state index in [1.165, 1.54) is 0 Å². The van der Waals surface area contributed by atoms with Gasteiger partial charge in [0.15, 0.2) is 0 Å². The highest BCUT2D eigenvalue weighted by Gasteiger charge is 1.72. The number of nitrogens with zero attached hydrogens (tertiary/aromatic N) is 1. The molecule has 0 aromatic rings. The molecule has 2 heteroatoms. The van der Waals surface area contributed by atoms with Gasteiger partial charge in [0.25, 0.3) is 0 Å². The van der Waals surface area contributed by atoms with E-state index in [4.69, 9.17) is 5.73 Å². The van der Waals surface area contributed by atoms with E-state index in [2.05, 4.69) is 25.9 Å². The second-order valence-electron chi connectivity index (χ2n) is 2.64. The van der Waals surface area contributed by atoms with Gasteiger partial charge >= 0.3 is 0 Å². The summed E-state index contributed by atoms with van der Waals surface area (Å²) in [4.78, 5) is 2.12. The monoisotopic (exact) mass is 132 g/mol. The van der Waals surface area contributed by atoms with Crippen molar-refractivity contribution in [1.29, 1.82) is 0 Å². The maximum Gasteiger partial charge on any atom is -0.00179 e. The molecule has 0 heterocycles. The molecule has 58 valence electrons. The van der Waals surface area contributed by atoms with Gasteiger partial charge < -0.3 is 10.6 Å². The fourth-order valence-corrected chi connectivity index (χ4v) is 0. The van der Waals surface area contributed by atoms with E-state index in [9.17, 15) is 0 Å². The quantitative estimate of drug-likeness (QED) is 0.575. The molecule has 2 nitrogen and oxygen atoms in total. The van der Waals surface area contributed by atoms with Gasteiger partial charge in [0.05, 0.1) is 0 Å². The number of nitrogens with two attached hydrogens (primary N) is 1. The van der Waals surface area contributed by atoms with E-state index in [1.807, 2.05) is 13.8 Å². The molecule has 0 bridgehead atoms. The highest BCUT2D eigenvalue weighted by molar-refractivity contribution is 4.32. The molecule has 0 saturated heterocycles. The summed E-state index contributed by atoms with van der Waals surface area (Å²) >= 11 is 0. The van der Waals surface area contributed by atoms with Crippen LogP contribution in [0.15, 0.2) is 0 Å². The topological polar surface area (TPSA) is 29.3 Å². The van der Waals surface area contributed by atoms with Gasteiger partial charge in [-0.3, -0.25) is 0 Å². The van der Waals surface area contributed by atoms with Gasteiger partial charge in [-0.15, -0.1) is 0 Å². The molecule has 0 saturated carbocycles. The van der Waals surface area contributed by atoms with Crippen molar-refractivity contribution in [1.82, 2.24) is 4.90 Å². The van der Waals surface area contributed by atoms with Crippen LogP contribution in [0.5, 0.6) is 0 Å². The first-order valence-electron chi connectivity index (χ1n) is 3.41. The first-order chi connectivity index (χ1) is 4.00. The molecule has 0 aromatic heterocycles. The molecule has 0 amide bonds. The normalized spacial score (nSPS) is 9.33. The van der Waals surface area contributed by atoms with Gasteiger partial charge in [-0.1, -0.05) is 20.8 Å². The standard InChI is InChI=1S/C4H11N.C3H9N/c1-4-5(2)3;1-3(2)4/h4H2,1-3H3;3H,4H2,1-2H3. The summed E-state index contributed by atoms with van der Waals surface area (Å²) < 4.78 is 0. The summed E-state index contributed by atoms with van der Waals surface area (Å²) in [7, 11) is 4.11. The molecular formula is C7H20N2. The summed E-state index contributed by atoms with van der Waals surface area (Å²) in [6.45, 7) is 7.15. The maximum absolute atomic E-state index is 5.11. The first kappa shape index (κ1) is 11.7. The van der Waals surface area contributed by atoms with Crippen molar-refractivity contribution in [2.24, 2.45) is 5.73 Å². The van der Waals surface area contributed by atoms with Crippen molar-refractivity contribution in [3.05, 3.63) is 0 Å². The Labute approximate surface area is 59.0 Å². The van der Waals surface area contributed by atoms with E-state index in [-0.39, 0.29) is 0 Å². The lowest BCUT2D eigenvalue weighted by Crippen LogP contribution is -2.08. The SMILES string of the molecule is CC(C)N.CCN(C)C. The van der Waals surface area contributed by atoms with Crippen LogP contribution >= 0.6 is 0 Å². The fourth-order valence-electron chi connectivity index (χ4n) is 0. The second-order valence-corrected chi connectivity index (χ2v) is 2.64. The minimum absolute atomic E-state index is 0.333. The van der Waals surface area contributed by atoms with Crippen LogP contribution in [-0.2, 0) is 0 Å². The van der Waals surface area contributed by atoms with Crippen LogP contribution < -0.4 is 5.73 Å². The Kier molecular flexibility index (Phi) is 10.3. The van der Waals surface area contributed by atoms with Crippen molar-refractivity contribution >= 4 is 0 Å².